The van der Waals surface area contributed by atoms with Gasteiger partial charge in [-0.3, -0.25) is 4.90 Å². The lowest BCUT2D eigenvalue weighted by atomic mass is 10.0. The lowest BCUT2D eigenvalue weighted by Gasteiger charge is -2.37. The summed E-state index contributed by atoms with van der Waals surface area (Å²) in [5, 5.41) is 8.80. The number of nitrogens with zero attached hydrogens (tertiary/aromatic N) is 2. The Bertz CT molecular complexity index is 203. The van der Waals surface area contributed by atoms with Crippen molar-refractivity contribution in [2.45, 2.75) is 25.1 Å². The highest BCUT2D eigenvalue weighted by atomic mass is 19.4. The summed E-state index contributed by atoms with van der Waals surface area (Å²) in [7, 11) is 1.97. The SMILES string of the molecule is CN1CCC(N(CCO)CC(F)(F)F)CC1. The fourth-order valence-electron chi connectivity index (χ4n) is 2.11. The van der Waals surface area contributed by atoms with E-state index in [1.165, 1.54) is 4.90 Å². The van der Waals surface area contributed by atoms with Crippen molar-refractivity contribution < 1.29 is 18.3 Å². The second-order valence-electron chi connectivity index (χ2n) is 4.34. The summed E-state index contributed by atoms with van der Waals surface area (Å²) in [6, 6.07) is -0.0509. The Hall–Kier alpha value is -0.330. The maximum absolute atomic E-state index is 12.3. The minimum Gasteiger partial charge on any atom is -0.395 e. The van der Waals surface area contributed by atoms with Crippen molar-refractivity contribution in [2.75, 3.05) is 39.8 Å². The molecule has 0 aromatic carbocycles. The number of halogens is 3. The van der Waals surface area contributed by atoms with Crippen LogP contribution < -0.4 is 0 Å². The van der Waals surface area contributed by atoms with Gasteiger partial charge in [-0.2, -0.15) is 13.2 Å². The molecule has 1 aliphatic rings. The molecule has 0 aliphatic carbocycles. The minimum absolute atomic E-state index is 0.0509. The van der Waals surface area contributed by atoms with E-state index in [2.05, 4.69) is 4.90 Å². The van der Waals surface area contributed by atoms with Crippen LogP contribution in [0.4, 0.5) is 13.2 Å². The molecule has 1 heterocycles. The Morgan fingerprint density at radius 2 is 1.88 bits per heavy atom. The van der Waals surface area contributed by atoms with E-state index in [1.807, 2.05) is 7.05 Å². The smallest absolute Gasteiger partial charge is 0.395 e. The second-order valence-corrected chi connectivity index (χ2v) is 4.34. The molecule has 0 bridgehead atoms. The minimum atomic E-state index is -4.18. The zero-order valence-electron chi connectivity index (χ0n) is 9.50. The van der Waals surface area contributed by atoms with Crippen LogP contribution >= 0.6 is 0 Å². The number of alkyl halides is 3. The molecule has 3 nitrogen and oxygen atoms in total. The Labute approximate surface area is 93.8 Å². The van der Waals surface area contributed by atoms with Crippen LogP contribution in [0.25, 0.3) is 0 Å². The van der Waals surface area contributed by atoms with Gasteiger partial charge in [0, 0.05) is 12.6 Å². The molecule has 0 spiro atoms. The number of rotatable bonds is 4. The van der Waals surface area contributed by atoms with E-state index in [0.29, 0.717) is 0 Å². The molecular formula is C10H19F3N2O. The van der Waals surface area contributed by atoms with E-state index in [-0.39, 0.29) is 19.2 Å². The van der Waals surface area contributed by atoms with Crippen LogP contribution in [0, 0.1) is 0 Å². The molecule has 0 radical (unpaired) electrons. The van der Waals surface area contributed by atoms with E-state index in [4.69, 9.17) is 5.11 Å². The van der Waals surface area contributed by atoms with Crippen molar-refractivity contribution >= 4 is 0 Å². The number of aliphatic hydroxyl groups is 1. The molecule has 0 unspecified atom stereocenters. The van der Waals surface area contributed by atoms with Gasteiger partial charge in [0.15, 0.2) is 0 Å². The predicted octanol–water partition coefficient (Wildman–Crippen LogP) is 0.937. The van der Waals surface area contributed by atoms with Gasteiger partial charge in [-0.25, -0.2) is 0 Å². The van der Waals surface area contributed by atoms with Crippen LogP contribution in [-0.4, -0.2) is 67.0 Å². The van der Waals surface area contributed by atoms with Gasteiger partial charge in [0.05, 0.1) is 13.2 Å². The molecule has 0 aromatic rings. The quantitative estimate of drug-likeness (QED) is 0.792. The first kappa shape index (κ1) is 13.7. The Kier molecular flexibility index (Phi) is 5.01. The van der Waals surface area contributed by atoms with Gasteiger partial charge in [0.25, 0.3) is 0 Å². The van der Waals surface area contributed by atoms with Crippen LogP contribution in [-0.2, 0) is 0 Å². The zero-order chi connectivity index (χ0) is 12.2. The molecule has 1 rings (SSSR count). The zero-order valence-corrected chi connectivity index (χ0v) is 9.50. The first-order chi connectivity index (χ1) is 7.42. The number of piperidine rings is 1. The summed E-state index contributed by atoms with van der Waals surface area (Å²) >= 11 is 0. The third-order valence-electron chi connectivity index (χ3n) is 2.97. The van der Waals surface area contributed by atoms with Crippen LogP contribution in [0.15, 0.2) is 0 Å². The molecule has 96 valence electrons. The Morgan fingerprint density at radius 3 is 2.31 bits per heavy atom. The summed E-state index contributed by atoms with van der Waals surface area (Å²) in [5.74, 6) is 0. The summed E-state index contributed by atoms with van der Waals surface area (Å²) in [4.78, 5) is 3.47. The molecule has 6 heteroatoms. The van der Waals surface area contributed by atoms with E-state index < -0.39 is 12.7 Å². The maximum atomic E-state index is 12.3. The average molecular weight is 240 g/mol. The molecular weight excluding hydrogens is 221 g/mol. The Balaban J connectivity index is 2.49. The highest BCUT2D eigenvalue weighted by Crippen LogP contribution is 2.22. The number of aliphatic hydroxyl groups excluding tert-OH is 1. The molecule has 0 amide bonds. The van der Waals surface area contributed by atoms with Gasteiger partial charge in [-0.1, -0.05) is 0 Å². The van der Waals surface area contributed by atoms with E-state index >= 15 is 0 Å². The van der Waals surface area contributed by atoms with Gasteiger partial charge in [-0.15, -0.1) is 0 Å². The monoisotopic (exact) mass is 240 g/mol. The van der Waals surface area contributed by atoms with Crippen molar-refractivity contribution in [1.82, 2.24) is 9.80 Å². The van der Waals surface area contributed by atoms with E-state index in [9.17, 15) is 13.2 Å². The maximum Gasteiger partial charge on any atom is 0.401 e. The molecule has 1 aliphatic heterocycles. The summed E-state index contributed by atoms with van der Waals surface area (Å²) in [5.41, 5.74) is 0. The predicted molar refractivity (Wildman–Crippen MR) is 55.2 cm³/mol. The second kappa shape index (κ2) is 5.84. The van der Waals surface area contributed by atoms with Crippen molar-refractivity contribution in [1.29, 1.82) is 0 Å². The molecule has 16 heavy (non-hydrogen) atoms. The number of likely N-dealkylation sites (tertiary alicyclic amines) is 1. The van der Waals surface area contributed by atoms with Crippen molar-refractivity contribution in [3.05, 3.63) is 0 Å². The molecule has 0 saturated carbocycles. The fraction of sp³-hybridized carbons (Fsp3) is 1.00. The molecule has 1 N–H and O–H groups in total. The highest BCUT2D eigenvalue weighted by Gasteiger charge is 2.34. The number of hydrogen-bond acceptors (Lipinski definition) is 3. The van der Waals surface area contributed by atoms with Gasteiger partial charge in [0.2, 0.25) is 0 Å². The van der Waals surface area contributed by atoms with Gasteiger partial charge in [0.1, 0.15) is 0 Å². The number of hydrogen-bond donors (Lipinski definition) is 1. The third kappa shape index (κ3) is 4.67. The average Bonchev–Trinajstić information content (AvgIpc) is 2.16. The molecule has 0 aromatic heterocycles. The Morgan fingerprint density at radius 1 is 1.31 bits per heavy atom. The third-order valence-corrected chi connectivity index (χ3v) is 2.97. The van der Waals surface area contributed by atoms with Gasteiger partial charge >= 0.3 is 6.18 Å². The lowest BCUT2D eigenvalue weighted by molar-refractivity contribution is -0.153. The fourth-order valence-corrected chi connectivity index (χ4v) is 2.11. The highest BCUT2D eigenvalue weighted by molar-refractivity contribution is 4.80. The van der Waals surface area contributed by atoms with Crippen LogP contribution in [0.3, 0.4) is 0 Å². The topological polar surface area (TPSA) is 26.7 Å². The van der Waals surface area contributed by atoms with Gasteiger partial charge < -0.3 is 10.0 Å². The lowest BCUT2D eigenvalue weighted by Crippen LogP contribution is -2.48. The van der Waals surface area contributed by atoms with E-state index in [1.54, 1.807) is 0 Å². The van der Waals surface area contributed by atoms with Crippen molar-refractivity contribution in [3.63, 3.8) is 0 Å². The normalized spacial score (nSPS) is 20.6. The largest absolute Gasteiger partial charge is 0.401 e. The summed E-state index contributed by atoms with van der Waals surface area (Å²) < 4.78 is 37.0. The van der Waals surface area contributed by atoms with Crippen molar-refractivity contribution in [3.8, 4) is 0 Å². The van der Waals surface area contributed by atoms with Crippen LogP contribution in [0.1, 0.15) is 12.8 Å². The summed E-state index contributed by atoms with van der Waals surface area (Å²) in [6.45, 7) is 0.618. The standard InChI is InChI=1S/C10H19F3N2O/c1-14-4-2-9(3-5-14)15(6-7-16)8-10(11,12)13/h9,16H,2-8H2,1H3. The summed E-state index contributed by atoms with van der Waals surface area (Å²) in [6.07, 6.45) is -2.70. The molecule has 0 atom stereocenters. The molecule has 1 fully saturated rings. The van der Waals surface area contributed by atoms with Crippen molar-refractivity contribution in [2.24, 2.45) is 0 Å². The first-order valence-electron chi connectivity index (χ1n) is 5.52. The van der Waals surface area contributed by atoms with Crippen LogP contribution in [0.5, 0.6) is 0 Å². The molecule has 1 saturated heterocycles. The van der Waals surface area contributed by atoms with E-state index in [0.717, 1.165) is 25.9 Å². The van der Waals surface area contributed by atoms with Crippen LogP contribution in [0.2, 0.25) is 0 Å². The van der Waals surface area contributed by atoms with Gasteiger partial charge in [-0.05, 0) is 33.0 Å². The first-order valence-corrected chi connectivity index (χ1v) is 5.52.